The summed E-state index contributed by atoms with van der Waals surface area (Å²) in [5.74, 6) is 0.100. The van der Waals surface area contributed by atoms with E-state index in [9.17, 15) is 9.59 Å². The average molecular weight is 517 g/mol. The van der Waals surface area contributed by atoms with Crippen LogP contribution in [-0.4, -0.2) is 40.0 Å². The number of carbonyl (C=O) groups is 1. The van der Waals surface area contributed by atoms with Crippen molar-refractivity contribution in [3.05, 3.63) is 111 Å². The lowest BCUT2D eigenvalue weighted by Gasteiger charge is -2.29. The van der Waals surface area contributed by atoms with E-state index in [1.54, 1.807) is 29.1 Å². The number of halogens is 1. The van der Waals surface area contributed by atoms with Crippen LogP contribution in [0.5, 0.6) is 0 Å². The second-order valence-electron chi connectivity index (χ2n) is 9.65. The number of amides is 1. The number of benzene rings is 3. The SMILES string of the molecule is Cc1ccc(C(=O)N(CCCN)CC(C)CC(c2ccccc2)n2cnc3cc(Cl)ccc3c2=O)cc1. The third-order valence-electron chi connectivity index (χ3n) is 6.64. The maximum Gasteiger partial charge on any atom is 0.261 e. The Morgan fingerprint density at radius 2 is 1.81 bits per heavy atom. The Morgan fingerprint density at radius 3 is 2.51 bits per heavy atom. The predicted octanol–water partition coefficient (Wildman–Crippen LogP) is 5.47. The van der Waals surface area contributed by atoms with E-state index in [-0.39, 0.29) is 23.4 Å². The van der Waals surface area contributed by atoms with E-state index in [1.165, 1.54) is 0 Å². The predicted molar refractivity (Wildman–Crippen MR) is 150 cm³/mol. The number of carbonyl (C=O) groups excluding carboxylic acids is 1. The number of hydrogen-bond donors (Lipinski definition) is 1. The van der Waals surface area contributed by atoms with Crippen LogP contribution in [0.3, 0.4) is 0 Å². The second kappa shape index (κ2) is 12.2. The molecule has 1 aromatic heterocycles. The Morgan fingerprint density at radius 1 is 1.08 bits per heavy atom. The summed E-state index contributed by atoms with van der Waals surface area (Å²) in [6, 6.07) is 22.5. The zero-order valence-corrected chi connectivity index (χ0v) is 22.1. The minimum atomic E-state index is -0.234. The number of rotatable bonds is 10. The molecule has 0 aliphatic heterocycles. The third kappa shape index (κ3) is 6.45. The van der Waals surface area contributed by atoms with Gasteiger partial charge in [-0.3, -0.25) is 14.2 Å². The molecule has 2 unspecified atom stereocenters. The van der Waals surface area contributed by atoms with Crippen molar-refractivity contribution in [1.82, 2.24) is 14.5 Å². The molecule has 0 fully saturated rings. The smallest absolute Gasteiger partial charge is 0.261 e. The maximum absolute atomic E-state index is 13.5. The van der Waals surface area contributed by atoms with E-state index in [4.69, 9.17) is 17.3 Å². The molecular formula is C30H33ClN4O2. The number of aryl methyl sites for hydroxylation is 1. The van der Waals surface area contributed by atoms with Crippen molar-refractivity contribution in [3.8, 4) is 0 Å². The van der Waals surface area contributed by atoms with E-state index < -0.39 is 0 Å². The van der Waals surface area contributed by atoms with Gasteiger partial charge in [0.05, 0.1) is 23.3 Å². The summed E-state index contributed by atoms with van der Waals surface area (Å²) < 4.78 is 1.70. The summed E-state index contributed by atoms with van der Waals surface area (Å²) in [7, 11) is 0. The molecule has 2 atom stereocenters. The summed E-state index contributed by atoms with van der Waals surface area (Å²) in [6.45, 7) is 5.78. The highest BCUT2D eigenvalue weighted by Crippen LogP contribution is 2.26. The highest BCUT2D eigenvalue weighted by Gasteiger charge is 2.23. The fourth-order valence-electron chi connectivity index (χ4n) is 4.68. The van der Waals surface area contributed by atoms with Crippen LogP contribution in [0.25, 0.3) is 10.9 Å². The van der Waals surface area contributed by atoms with Crippen LogP contribution in [0.4, 0.5) is 0 Å². The van der Waals surface area contributed by atoms with Gasteiger partial charge in [0.1, 0.15) is 0 Å². The van der Waals surface area contributed by atoms with Gasteiger partial charge in [-0.25, -0.2) is 4.98 Å². The quantitative estimate of drug-likeness (QED) is 0.303. The molecule has 0 aliphatic rings. The maximum atomic E-state index is 13.5. The number of aromatic nitrogens is 2. The zero-order chi connectivity index (χ0) is 26.4. The van der Waals surface area contributed by atoms with Crippen LogP contribution in [0, 0.1) is 12.8 Å². The first-order valence-corrected chi connectivity index (χ1v) is 13.0. The molecule has 4 aromatic rings. The highest BCUT2D eigenvalue weighted by atomic mass is 35.5. The van der Waals surface area contributed by atoms with E-state index >= 15 is 0 Å². The van der Waals surface area contributed by atoms with E-state index in [0.29, 0.717) is 47.5 Å². The molecule has 0 saturated heterocycles. The van der Waals surface area contributed by atoms with Crippen LogP contribution in [0.1, 0.15) is 47.3 Å². The minimum Gasteiger partial charge on any atom is -0.338 e. The standard InChI is InChI=1S/C30H33ClN4O2/c1-21-9-11-24(12-10-21)29(36)34(16-6-15-32)19-22(2)17-28(23-7-4-3-5-8-23)35-20-33-27-18-25(31)13-14-26(27)30(35)37/h3-5,7-14,18,20,22,28H,6,15-17,19,32H2,1-2H3. The molecule has 0 saturated carbocycles. The van der Waals surface area contributed by atoms with Crippen molar-refractivity contribution in [2.75, 3.05) is 19.6 Å². The molecule has 7 heteroatoms. The van der Waals surface area contributed by atoms with Crippen LogP contribution < -0.4 is 11.3 Å². The molecule has 37 heavy (non-hydrogen) atoms. The largest absolute Gasteiger partial charge is 0.338 e. The molecule has 192 valence electrons. The lowest BCUT2D eigenvalue weighted by molar-refractivity contribution is 0.0725. The van der Waals surface area contributed by atoms with Crippen LogP contribution in [-0.2, 0) is 0 Å². The fourth-order valence-corrected chi connectivity index (χ4v) is 4.85. The zero-order valence-electron chi connectivity index (χ0n) is 21.3. The van der Waals surface area contributed by atoms with Crippen molar-refractivity contribution < 1.29 is 4.79 Å². The van der Waals surface area contributed by atoms with Gasteiger partial charge in [0, 0.05) is 23.7 Å². The Bertz CT molecular complexity index is 1400. The Hall–Kier alpha value is -3.48. The molecule has 0 radical (unpaired) electrons. The third-order valence-corrected chi connectivity index (χ3v) is 6.88. The van der Waals surface area contributed by atoms with Gasteiger partial charge in [-0.05, 0) is 68.1 Å². The minimum absolute atomic E-state index is 0.00187. The van der Waals surface area contributed by atoms with E-state index in [1.807, 2.05) is 66.4 Å². The summed E-state index contributed by atoms with van der Waals surface area (Å²) in [5, 5.41) is 1.07. The van der Waals surface area contributed by atoms with E-state index in [2.05, 4.69) is 11.9 Å². The van der Waals surface area contributed by atoms with Crippen molar-refractivity contribution in [2.45, 2.75) is 32.7 Å². The molecule has 0 spiro atoms. The monoisotopic (exact) mass is 516 g/mol. The normalized spacial score (nSPS) is 12.9. The van der Waals surface area contributed by atoms with Gasteiger partial charge in [0.25, 0.3) is 11.5 Å². The Kier molecular flexibility index (Phi) is 8.74. The number of nitrogens with two attached hydrogens (primary N) is 1. The van der Waals surface area contributed by atoms with Crippen LogP contribution >= 0.6 is 11.6 Å². The Labute approximate surface area is 222 Å². The van der Waals surface area contributed by atoms with Gasteiger partial charge in [-0.2, -0.15) is 0 Å². The first-order chi connectivity index (χ1) is 17.9. The molecule has 0 bridgehead atoms. The fraction of sp³-hybridized carbons (Fsp3) is 0.300. The number of hydrogen-bond acceptors (Lipinski definition) is 4. The summed E-state index contributed by atoms with van der Waals surface area (Å²) in [4.78, 5) is 33.3. The summed E-state index contributed by atoms with van der Waals surface area (Å²) in [6.07, 6.45) is 2.99. The second-order valence-corrected chi connectivity index (χ2v) is 10.1. The van der Waals surface area contributed by atoms with Gasteiger partial charge in [0.15, 0.2) is 0 Å². The number of nitrogens with zero attached hydrogens (tertiary/aromatic N) is 3. The van der Waals surface area contributed by atoms with Gasteiger partial charge >= 0.3 is 0 Å². The summed E-state index contributed by atoms with van der Waals surface area (Å²) in [5.41, 5.74) is 9.04. The lowest BCUT2D eigenvalue weighted by atomic mass is 9.94. The Balaban J connectivity index is 1.63. The molecule has 0 aliphatic carbocycles. The summed E-state index contributed by atoms with van der Waals surface area (Å²) >= 11 is 6.11. The average Bonchev–Trinajstić information content (AvgIpc) is 2.90. The first kappa shape index (κ1) is 26.6. The van der Waals surface area contributed by atoms with Gasteiger partial charge in [-0.15, -0.1) is 0 Å². The molecule has 4 rings (SSSR count). The van der Waals surface area contributed by atoms with Crippen LogP contribution in [0.15, 0.2) is 83.9 Å². The number of fused-ring (bicyclic) bond motifs is 1. The van der Waals surface area contributed by atoms with Crippen molar-refractivity contribution in [2.24, 2.45) is 11.7 Å². The molecule has 2 N–H and O–H groups in total. The molecule has 1 heterocycles. The first-order valence-electron chi connectivity index (χ1n) is 12.6. The van der Waals surface area contributed by atoms with Crippen molar-refractivity contribution in [1.29, 1.82) is 0 Å². The van der Waals surface area contributed by atoms with Crippen LogP contribution in [0.2, 0.25) is 5.02 Å². The van der Waals surface area contributed by atoms with Gasteiger partial charge < -0.3 is 10.6 Å². The molecular weight excluding hydrogens is 484 g/mol. The topological polar surface area (TPSA) is 81.2 Å². The highest BCUT2D eigenvalue weighted by molar-refractivity contribution is 6.31. The van der Waals surface area contributed by atoms with Gasteiger partial charge in [0.2, 0.25) is 0 Å². The molecule has 3 aromatic carbocycles. The van der Waals surface area contributed by atoms with Gasteiger partial charge in [-0.1, -0.05) is 66.6 Å². The van der Waals surface area contributed by atoms with Crippen molar-refractivity contribution >= 4 is 28.4 Å². The lowest BCUT2D eigenvalue weighted by Crippen LogP contribution is -2.37. The molecule has 6 nitrogen and oxygen atoms in total. The van der Waals surface area contributed by atoms with E-state index in [0.717, 1.165) is 17.5 Å². The molecule has 1 amide bonds. The van der Waals surface area contributed by atoms with Crippen molar-refractivity contribution in [3.63, 3.8) is 0 Å².